The van der Waals surface area contributed by atoms with Crippen LogP contribution in [0.2, 0.25) is 0 Å². The number of halogens is 3. The number of aliphatic hydroxyl groups excluding tert-OH is 1. The average Bonchev–Trinajstić information content (AvgIpc) is 2.44. The molecule has 1 aliphatic heterocycles. The number of aliphatic hydroxyl groups is 1. The van der Waals surface area contributed by atoms with Crippen molar-refractivity contribution in [1.82, 2.24) is 10.2 Å². The van der Waals surface area contributed by atoms with Gasteiger partial charge in [-0.3, -0.25) is 4.79 Å². The minimum atomic E-state index is -4.49. The van der Waals surface area contributed by atoms with Gasteiger partial charge in [0.1, 0.15) is 12.6 Å². The first-order valence-electron chi connectivity index (χ1n) is 6.70. The van der Waals surface area contributed by atoms with E-state index in [1.54, 1.807) is 12.1 Å². The van der Waals surface area contributed by atoms with Crippen molar-refractivity contribution in [2.45, 2.75) is 18.6 Å². The summed E-state index contributed by atoms with van der Waals surface area (Å²) >= 11 is 0. The first-order chi connectivity index (χ1) is 9.92. The largest absolute Gasteiger partial charge is 0.406 e. The van der Waals surface area contributed by atoms with Gasteiger partial charge in [0.15, 0.2) is 0 Å². The lowest BCUT2D eigenvalue weighted by atomic mass is 9.93. The van der Waals surface area contributed by atoms with E-state index in [1.807, 2.05) is 12.1 Å². The zero-order valence-electron chi connectivity index (χ0n) is 11.4. The van der Waals surface area contributed by atoms with Crippen LogP contribution in [0.4, 0.5) is 13.2 Å². The molecule has 0 aliphatic carbocycles. The Morgan fingerprint density at radius 3 is 2.76 bits per heavy atom. The fourth-order valence-electron chi connectivity index (χ4n) is 2.51. The third-order valence-electron chi connectivity index (χ3n) is 3.41. The number of nitrogens with one attached hydrogen (secondary N) is 1. The fourth-order valence-corrected chi connectivity index (χ4v) is 2.51. The first-order valence-corrected chi connectivity index (χ1v) is 6.70. The summed E-state index contributed by atoms with van der Waals surface area (Å²) in [6.45, 7) is -1.66. The molecule has 1 amide bonds. The molecular formula is C14H17F3N2O2. The van der Waals surface area contributed by atoms with Crippen molar-refractivity contribution >= 4 is 5.91 Å². The molecule has 0 saturated carbocycles. The number of benzene rings is 1. The van der Waals surface area contributed by atoms with Crippen molar-refractivity contribution in [3.63, 3.8) is 0 Å². The molecule has 1 atom stereocenters. The molecule has 1 aliphatic rings. The van der Waals surface area contributed by atoms with Crippen molar-refractivity contribution in [3.8, 4) is 0 Å². The number of rotatable bonds is 4. The van der Waals surface area contributed by atoms with E-state index in [0.29, 0.717) is 17.0 Å². The molecule has 0 radical (unpaired) electrons. The molecule has 0 saturated heterocycles. The van der Waals surface area contributed by atoms with Crippen LogP contribution in [0.5, 0.6) is 0 Å². The topological polar surface area (TPSA) is 52.6 Å². The van der Waals surface area contributed by atoms with Crippen LogP contribution >= 0.6 is 0 Å². The Balaban J connectivity index is 2.21. The van der Waals surface area contributed by atoms with E-state index < -0.39 is 31.3 Å². The van der Waals surface area contributed by atoms with Gasteiger partial charge in [-0.25, -0.2) is 0 Å². The van der Waals surface area contributed by atoms with Crippen molar-refractivity contribution in [1.29, 1.82) is 0 Å². The molecule has 21 heavy (non-hydrogen) atoms. The molecule has 2 N–H and O–H groups in total. The zero-order chi connectivity index (χ0) is 15.5. The summed E-state index contributed by atoms with van der Waals surface area (Å²) in [5, 5.41) is 11.9. The monoisotopic (exact) mass is 302 g/mol. The first kappa shape index (κ1) is 15.8. The summed E-state index contributed by atoms with van der Waals surface area (Å²) in [4.78, 5) is 13.0. The van der Waals surface area contributed by atoms with E-state index in [9.17, 15) is 18.0 Å². The standard InChI is InChI=1S/C14H17F3N2O2/c15-14(16,17)9-19(7-8-20)13(21)12-11-4-2-1-3-10(11)5-6-18-12/h1-4,12,18,20H,5-9H2. The molecule has 4 nitrogen and oxygen atoms in total. The Labute approximate surface area is 120 Å². The van der Waals surface area contributed by atoms with Gasteiger partial charge in [-0.1, -0.05) is 24.3 Å². The smallest absolute Gasteiger partial charge is 0.395 e. The quantitative estimate of drug-likeness (QED) is 0.880. The summed E-state index contributed by atoms with van der Waals surface area (Å²) in [7, 11) is 0. The van der Waals surface area contributed by atoms with Gasteiger partial charge in [-0.05, 0) is 17.5 Å². The molecule has 1 unspecified atom stereocenters. The van der Waals surface area contributed by atoms with Gasteiger partial charge in [-0.15, -0.1) is 0 Å². The Morgan fingerprint density at radius 2 is 2.10 bits per heavy atom. The van der Waals surface area contributed by atoms with Gasteiger partial charge in [0.25, 0.3) is 0 Å². The maximum atomic E-state index is 12.6. The number of hydrogen-bond donors (Lipinski definition) is 2. The van der Waals surface area contributed by atoms with E-state index in [0.717, 1.165) is 12.0 Å². The highest BCUT2D eigenvalue weighted by Crippen LogP contribution is 2.26. The number of hydrogen-bond acceptors (Lipinski definition) is 3. The molecule has 0 spiro atoms. The lowest BCUT2D eigenvalue weighted by Gasteiger charge is -2.31. The van der Waals surface area contributed by atoms with Crippen molar-refractivity contribution in [3.05, 3.63) is 35.4 Å². The third kappa shape index (κ3) is 3.95. The van der Waals surface area contributed by atoms with Crippen molar-refractivity contribution < 1.29 is 23.1 Å². The molecule has 1 heterocycles. The van der Waals surface area contributed by atoms with Gasteiger partial charge in [0.05, 0.1) is 6.61 Å². The van der Waals surface area contributed by atoms with Gasteiger partial charge in [0.2, 0.25) is 5.91 Å². The van der Waals surface area contributed by atoms with Gasteiger partial charge < -0.3 is 15.3 Å². The maximum absolute atomic E-state index is 12.6. The van der Waals surface area contributed by atoms with Crippen LogP contribution in [0, 0.1) is 0 Å². The van der Waals surface area contributed by atoms with Gasteiger partial charge in [0, 0.05) is 13.1 Å². The van der Waals surface area contributed by atoms with Crippen LogP contribution in [0.3, 0.4) is 0 Å². The Bertz CT molecular complexity index is 505. The SMILES string of the molecule is O=C(C1NCCc2ccccc21)N(CCO)CC(F)(F)F. The van der Waals surface area contributed by atoms with Gasteiger partial charge >= 0.3 is 6.18 Å². The molecule has 0 aromatic heterocycles. The van der Waals surface area contributed by atoms with Crippen LogP contribution in [0.1, 0.15) is 17.2 Å². The lowest BCUT2D eigenvalue weighted by Crippen LogP contribution is -2.47. The fraction of sp³-hybridized carbons (Fsp3) is 0.500. The van der Waals surface area contributed by atoms with Crippen molar-refractivity contribution in [2.75, 3.05) is 26.2 Å². The Morgan fingerprint density at radius 1 is 1.38 bits per heavy atom. The van der Waals surface area contributed by atoms with Crippen molar-refractivity contribution in [2.24, 2.45) is 0 Å². The highest BCUT2D eigenvalue weighted by atomic mass is 19.4. The predicted octanol–water partition coefficient (Wildman–Crippen LogP) is 1.26. The van der Waals surface area contributed by atoms with E-state index in [1.165, 1.54) is 0 Å². The highest BCUT2D eigenvalue weighted by Gasteiger charge is 2.36. The number of carbonyl (C=O) groups is 1. The average molecular weight is 302 g/mol. The summed E-state index contributed by atoms with van der Waals surface area (Å²) in [6.07, 6.45) is -3.75. The second-order valence-corrected chi connectivity index (χ2v) is 4.93. The predicted molar refractivity (Wildman–Crippen MR) is 70.6 cm³/mol. The molecule has 1 aromatic rings. The molecular weight excluding hydrogens is 285 g/mol. The Kier molecular flexibility index (Phi) is 4.84. The number of nitrogens with zero attached hydrogens (tertiary/aromatic N) is 1. The number of carbonyl (C=O) groups excluding carboxylic acids is 1. The summed E-state index contributed by atoms with van der Waals surface area (Å²) in [5.41, 5.74) is 1.67. The summed E-state index contributed by atoms with van der Waals surface area (Å²) in [5.74, 6) is -0.659. The second kappa shape index (κ2) is 6.44. The normalized spacial score (nSPS) is 18.2. The number of alkyl halides is 3. The van der Waals surface area contributed by atoms with Crippen LogP contribution in [-0.2, 0) is 11.2 Å². The zero-order valence-corrected chi connectivity index (χ0v) is 11.4. The van der Waals surface area contributed by atoms with Crippen LogP contribution in [0.15, 0.2) is 24.3 Å². The molecule has 0 fully saturated rings. The second-order valence-electron chi connectivity index (χ2n) is 4.93. The summed E-state index contributed by atoms with van der Waals surface area (Å²) in [6, 6.07) is 6.42. The molecule has 7 heteroatoms. The van der Waals surface area contributed by atoms with E-state index in [2.05, 4.69) is 5.32 Å². The summed E-state index contributed by atoms with van der Waals surface area (Å²) < 4.78 is 37.7. The number of fused-ring (bicyclic) bond motifs is 1. The molecule has 0 bridgehead atoms. The Hall–Kier alpha value is -1.60. The van der Waals surface area contributed by atoms with E-state index in [4.69, 9.17) is 5.11 Å². The van der Waals surface area contributed by atoms with Crippen LogP contribution < -0.4 is 5.32 Å². The number of amides is 1. The van der Waals surface area contributed by atoms with Crippen LogP contribution in [-0.4, -0.2) is 48.3 Å². The van der Waals surface area contributed by atoms with Gasteiger partial charge in [-0.2, -0.15) is 13.2 Å². The minimum absolute atomic E-state index is 0.335. The molecule has 2 rings (SSSR count). The maximum Gasteiger partial charge on any atom is 0.406 e. The molecule has 116 valence electrons. The third-order valence-corrected chi connectivity index (χ3v) is 3.41. The van der Waals surface area contributed by atoms with E-state index in [-0.39, 0.29) is 6.54 Å². The lowest BCUT2D eigenvalue weighted by molar-refractivity contribution is -0.163. The minimum Gasteiger partial charge on any atom is -0.395 e. The highest BCUT2D eigenvalue weighted by molar-refractivity contribution is 5.84. The van der Waals surface area contributed by atoms with Crippen LogP contribution in [0.25, 0.3) is 0 Å². The molecule has 1 aromatic carbocycles. The van der Waals surface area contributed by atoms with E-state index >= 15 is 0 Å².